The number of halogens is 2. The number of amides is 1. The number of carbonyl (C=O) groups is 1. The number of nitrogens with zero attached hydrogens (tertiary/aromatic N) is 3. The van der Waals surface area contributed by atoms with E-state index in [0.29, 0.717) is 34.0 Å². The van der Waals surface area contributed by atoms with Crippen LogP contribution >= 0.6 is 23.2 Å². The number of fused-ring (bicyclic) bond motifs is 1. The van der Waals surface area contributed by atoms with Crippen LogP contribution in [0.1, 0.15) is 60.3 Å². The van der Waals surface area contributed by atoms with Crippen molar-refractivity contribution in [2.75, 3.05) is 5.32 Å². The zero-order valence-corrected chi connectivity index (χ0v) is 19.6. The maximum absolute atomic E-state index is 13.0. The van der Waals surface area contributed by atoms with Gasteiger partial charge < -0.3 is 9.84 Å². The van der Waals surface area contributed by atoms with Crippen LogP contribution < -0.4 is 5.32 Å². The minimum absolute atomic E-state index is 0.168. The maximum Gasteiger partial charge on any atom is 0.279 e. The number of aromatic nitrogens is 3. The minimum Gasteiger partial charge on any atom is -0.360 e. The SMILES string of the molecule is Cc1cc(NC(=O)c2noc3c2CC(C(C)(C)C)CC3)nn1Cc1ccc(Cl)cc1Cl. The normalized spacial score (nSPS) is 16.3. The Hall–Kier alpha value is -2.31. The summed E-state index contributed by atoms with van der Waals surface area (Å²) in [5.41, 5.74) is 3.25. The molecule has 1 aromatic carbocycles. The van der Waals surface area contributed by atoms with Crippen LogP contribution in [0.5, 0.6) is 0 Å². The topological polar surface area (TPSA) is 73.0 Å². The monoisotopic (exact) mass is 460 g/mol. The Morgan fingerprint density at radius 3 is 2.77 bits per heavy atom. The van der Waals surface area contributed by atoms with Gasteiger partial charge in [0.25, 0.3) is 5.91 Å². The molecule has 0 saturated heterocycles. The van der Waals surface area contributed by atoms with Crippen LogP contribution in [0.25, 0.3) is 0 Å². The molecule has 0 saturated carbocycles. The predicted molar refractivity (Wildman–Crippen MR) is 122 cm³/mol. The number of hydrogen-bond acceptors (Lipinski definition) is 4. The second-order valence-corrected chi connectivity index (χ2v) is 10.1. The Bertz CT molecular complexity index is 1130. The molecule has 8 heteroatoms. The van der Waals surface area contributed by atoms with E-state index in [1.54, 1.807) is 16.8 Å². The molecule has 0 spiro atoms. The largest absolute Gasteiger partial charge is 0.360 e. The smallest absolute Gasteiger partial charge is 0.279 e. The van der Waals surface area contributed by atoms with Gasteiger partial charge in [0, 0.05) is 33.8 Å². The number of rotatable bonds is 4. The second-order valence-electron chi connectivity index (χ2n) is 9.26. The average molecular weight is 461 g/mol. The van der Waals surface area contributed by atoms with Crippen LogP contribution in [0.3, 0.4) is 0 Å². The molecule has 1 atom stereocenters. The Morgan fingerprint density at radius 2 is 2.06 bits per heavy atom. The lowest BCUT2D eigenvalue weighted by Crippen LogP contribution is -2.27. The zero-order valence-electron chi connectivity index (χ0n) is 18.1. The Kier molecular flexibility index (Phi) is 5.88. The number of benzene rings is 1. The van der Waals surface area contributed by atoms with E-state index in [0.717, 1.165) is 41.8 Å². The van der Waals surface area contributed by atoms with Gasteiger partial charge in [0.05, 0.1) is 6.54 Å². The third-order valence-electron chi connectivity index (χ3n) is 6.04. The van der Waals surface area contributed by atoms with Crippen molar-refractivity contribution in [2.45, 2.75) is 53.5 Å². The maximum atomic E-state index is 13.0. The van der Waals surface area contributed by atoms with Gasteiger partial charge in [-0.1, -0.05) is 55.2 Å². The number of anilines is 1. The predicted octanol–water partition coefficient (Wildman–Crippen LogP) is 5.94. The minimum atomic E-state index is -0.297. The van der Waals surface area contributed by atoms with Gasteiger partial charge in [-0.2, -0.15) is 5.10 Å². The summed E-state index contributed by atoms with van der Waals surface area (Å²) < 4.78 is 7.27. The van der Waals surface area contributed by atoms with Gasteiger partial charge >= 0.3 is 0 Å². The molecular weight excluding hydrogens is 435 g/mol. The molecule has 0 aliphatic heterocycles. The van der Waals surface area contributed by atoms with Gasteiger partial charge in [-0.3, -0.25) is 9.48 Å². The molecule has 0 radical (unpaired) electrons. The van der Waals surface area contributed by atoms with Crippen molar-refractivity contribution < 1.29 is 9.32 Å². The van der Waals surface area contributed by atoms with Gasteiger partial charge in [-0.05, 0) is 48.8 Å². The third-order valence-corrected chi connectivity index (χ3v) is 6.62. The molecule has 3 aromatic rings. The first-order valence-corrected chi connectivity index (χ1v) is 11.1. The zero-order chi connectivity index (χ0) is 22.3. The highest BCUT2D eigenvalue weighted by molar-refractivity contribution is 6.35. The third kappa shape index (κ3) is 4.65. The first-order chi connectivity index (χ1) is 14.6. The lowest BCUT2D eigenvalue weighted by Gasteiger charge is -2.33. The van der Waals surface area contributed by atoms with Crippen LogP contribution in [0, 0.1) is 18.3 Å². The number of aryl methyl sites for hydroxylation is 2. The van der Waals surface area contributed by atoms with Crippen LogP contribution in [0.15, 0.2) is 28.8 Å². The Morgan fingerprint density at radius 1 is 1.29 bits per heavy atom. The summed E-state index contributed by atoms with van der Waals surface area (Å²) in [4.78, 5) is 13.0. The highest BCUT2D eigenvalue weighted by Gasteiger charge is 2.34. The van der Waals surface area contributed by atoms with Gasteiger partial charge in [-0.15, -0.1) is 0 Å². The molecule has 1 aliphatic carbocycles. The van der Waals surface area contributed by atoms with Crippen molar-refractivity contribution >= 4 is 34.9 Å². The molecule has 0 bridgehead atoms. The van der Waals surface area contributed by atoms with Crippen molar-refractivity contribution in [3.63, 3.8) is 0 Å². The summed E-state index contributed by atoms with van der Waals surface area (Å²) in [6.07, 6.45) is 2.66. The molecule has 4 rings (SSSR count). The standard InChI is InChI=1S/C23H26Cl2N4O2/c1-13-9-20(27-29(13)12-14-5-7-16(24)11-18(14)25)26-22(30)21-17-10-15(23(2,3)4)6-8-19(17)31-28-21/h5,7,9,11,15H,6,8,10,12H2,1-4H3,(H,26,27,30). The molecule has 1 amide bonds. The van der Waals surface area contributed by atoms with Crippen molar-refractivity contribution in [1.82, 2.24) is 14.9 Å². The van der Waals surface area contributed by atoms with E-state index in [4.69, 9.17) is 27.7 Å². The lowest BCUT2D eigenvalue weighted by atomic mass is 9.71. The summed E-state index contributed by atoms with van der Waals surface area (Å²) in [5.74, 6) is 1.47. The summed E-state index contributed by atoms with van der Waals surface area (Å²) in [6.45, 7) is 9.11. The lowest BCUT2D eigenvalue weighted by molar-refractivity contribution is 0.101. The van der Waals surface area contributed by atoms with E-state index in [1.165, 1.54) is 0 Å². The van der Waals surface area contributed by atoms with E-state index in [1.807, 2.05) is 19.1 Å². The van der Waals surface area contributed by atoms with Crippen molar-refractivity contribution in [3.8, 4) is 0 Å². The van der Waals surface area contributed by atoms with Gasteiger partial charge in [0.2, 0.25) is 0 Å². The molecule has 2 aromatic heterocycles. The van der Waals surface area contributed by atoms with Crippen molar-refractivity contribution in [2.24, 2.45) is 11.3 Å². The highest BCUT2D eigenvalue weighted by atomic mass is 35.5. The van der Waals surface area contributed by atoms with Crippen LogP contribution in [-0.2, 0) is 19.4 Å². The summed E-state index contributed by atoms with van der Waals surface area (Å²) >= 11 is 12.3. The average Bonchev–Trinajstić information content (AvgIpc) is 3.26. The van der Waals surface area contributed by atoms with E-state index in [-0.39, 0.29) is 11.3 Å². The van der Waals surface area contributed by atoms with Crippen molar-refractivity contribution in [1.29, 1.82) is 0 Å². The van der Waals surface area contributed by atoms with E-state index < -0.39 is 0 Å². The summed E-state index contributed by atoms with van der Waals surface area (Å²) in [5, 5.41) is 12.6. The molecule has 0 fully saturated rings. The van der Waals surface area contributed by atoms with Crippen molar-refractivity contribution in [3.05, 3.63) is 62.6 Å². The van der Waals surface area contributed by atoms with Gasteiger partial charge in [-0.25, -0.2) is 0 Å². The fourth-order valence-corrected chi connectivity index (χ4v) is 4.51. The first kappa shape index (κ1) is 21.9. The first-order valence-electron chi connectivity index (χ1n) is 10.4. The summed E-state index contributed by atoms with van der Waals surface area (Å²) in [6, 6.07) is 7.20. The van der Waals surface area contributed by atoms with Gasteiger partial charge in [0.15, 0.2) is 11.5 Å². The molecule has 1 N–H and O–H groups in total. The van der Waals surface area contributed by atoms with Crippen LogP contribution in [-0.4, -0.2) is 20.8 Å². The number of carbonyl (C=O) groups excluding carboxylic acids is 1. The van der Waals surface area contributed by atoms with Gasteiger partial charge in [0.1, 0.15) is 5.76 Å². The molecule has 1 aliphatic rings. The molecule has 31 heavy (non-hydrogen) atoms. The van der Waals surface area contributed by atoms with E-state index in [9.17, 15) is 4.79 Å². The second kappa shape index (κ2) is 8.32. The number of hydrogen-bond donors (Lipinski definition) is 1. The highest BCUT2D eigenvalue weighted by Crippen LogP contribution is 2.38. The molecule has 164 valence electrons. The summed E-state index contributed by atoms with van der Waals surface area (Å²) in [7, 11) is 0. The molecule has 1 unspecified atom stereocenters. The quantitative estimate of drug-likeness (QED) is 0.522. The van der Waals surface area contributed by atoms with E-state index >= 15 is 0 Å². The fourth-order valence-electron chi connectivity index (χ4n) is 4.04. The van der Waals surface area contributed by atoms with E-state index in [2.05, 4.69) is 36.3 Å². The number of nitrogens with one attached hydrogen (secondary N) is 1. The fraction of sp³-hybridized carbons (Fsp3) is 0.435. The van der Waals surface area contributed by atoms with Crippen LogP contribution in [0.4, 0.5) is 5.82 Å². The molecule has 6 nitrogen and oxygen atoms in total. The van der Waals surface area contributed by atoms with Crippen LogP contribution in [0.2, 0.25) is 10.0 Å². The Balaban J connectivity index is 1.51. The molecule has 2 heterocycles. The molecular formula is C23H26Cl2N4O2. The Labute approximate surface area is 191 Å².